The van der Waals surface area contributed by atoms with E-state index in [1.54, 1.807) is 11.0 Å². The fraction of sp³-hybridized carbons (Fsp3) is 0.222. The van der Waals surface area contributed by atoms with Gasteiger partial charge in [0.15, 0.2) is 0 Å². The summed E-state index contributed by atoms with van der Waals surface area (Å²) in [5, 5.41) is 14.1. The Kier molecular flexibility index (Phi) is 4.42. The van der Waals surface area contributed by atoms with Crippen LogP contribution in [0, 0.1) is 6.92 Å². The Balaban J connectivity index is 1.42. The predicted molar refractivity (Wildman–Crippen MR) is 96.4 cm³/mol. The lowest BCUT2D eigenvalue weighted by Crippen LogP contribution is -2.39. The van der Waals surface area contributed by atoms with Crippen LogP contribution >= 0.6 is 0 Å². The molecule has 1 aromatic heterocycles. The average molecular weight is 349 g/mol. The van der Waals surface area contributed by atoms with Gasteiger partial charge in [-0.2, -0.15) is 0 Å². The number of amides is 1. The Labute approximate surface area is 150 Å². The number of aromatic nitrogens is 4. The summed E-state index contributed by atoms with van der Waals surface area (Å²) >= 11 is 0. The minimum atomic E-state index is -0.292. The second-order valence-electron chi connectivity index (χ2n) is 6.29. The number of hydrogen-bond acceptors (Lipinski definition) is 6. The Morgan fingerprint density at radius 3 is 2.77 bits per heavy atom. The van der Waals surface area contributed by atoms with Gasteiger partial charge >= 0.3 is 0 Å². The van der Waals surface area contributed by atoms with Gasteiger partial charge in [-0.25, -0.2) is 15.5 Å². The predicted octanol–water partition coefficient (Wildman–Crippen LogP) is 1.52. The van der Waals surface area contributed by atoms with Gasteiger partial charge in [0.1, 0.15) is 12.4 Å². The number of hydrogen-bond donors (Lipinski definition) is 3. The number of anilines is 1. The standard InChI is InChI=1S/C18H19N7O/c1-12-9-14(7-8-17(12)25-11-19-23-24-25)20-18(26)16-10-15(21-22-16)13-5-3-2-4-6-13/h2-9,11,15-16,21-22H,10H2,1H3,(H,20,26). The summed E-state index contributed by atoms with van der Waals surface area (Å²) < 4.78 is 1.59. The van der Waals surface area contributed by atoms with Crippen LogP contribution in [0.15, 0.2) is 54.9 Å². The molecule has 2 heterocycles. The van der Waals surface area contributed by atoms with Crippen LogP contribution in [0.2, 0.25) is 0 Å². The molecule has 8 heteroatoms. The molecule has 0 aliphatic carbocycles. The summed E-state index contributed by atoms with van der Waals surface area (Å²) in [6, 6.07) is 15.6. The summed E-state index contributed by atoms with van der Waals surface area (Å²) in [5.74, 6) is -0.0643. The lowest BCUT2D eigenvalue weighted by atomic mass is 10.0. The van der Waals surface area contributed by atoms with Crippen molar-refractivity contribution in [1.29, 1.82) is 0 Å². The van der Waals surface area contributed by atoms with Crippen molar-refractivity contribution in [2.45, 2.75) is 25.4 Å². The van der Waals surface area contributed by atoms with Gasteiger partial charge in [0, 0.05) is 11.7 Å². The Morgan fingerprint density at radius 1 is 1.19 bits per heavy atom. The highest BCUT2D eigenvalue weighted by molar-refractivity contribution is 5.95. The number of nitrogens with one attached hydrogen (secondary N) is 3. The maximum Gasteiger partial charge on any atom is 0.242 e. The number of rotatable bonds is 4. The van der Waals surface area contributed by atoms with Crippen molar-refractivity contribution in [2.24, 2.45) is 0 Å². The zero-order valence-corrected chi connectivity index (χ0v) is 14.3. The molecule has 0 radical (unpaired) electrons. The van der Waals surface area contributed by atoms with Crippen LogP contribution in [0.5, 0.6) is 0 Å². The van der Waals surface area contributed by atoms with Gasteiger partial charge in [-0.05, 0) is 53.1 Å². The summed E-state index contributed by atoms with van der Waals surface area (Å²) in [4.78, 5) is 12.6. The highest BCUT2D eigenvalue weighted by Gasteiger charge is 2.30. The topological polar surface area (TPSA) is 96.8 Å². The fourth-order valence-corrected chi connectivity index (χ4v) is 3.12. The van der Waals surface area contributed by atoms with Crippen LogP contribution in [0.4, 0.5) is 5.69 Å². The maximum atomic E-state index is 12.6. The monoisotopic (exact) mass is 349 g/mol. The van der Waals surface area contributed by atoms with E-state index in [1.807, 2.05) is 43.3 Å². The van der Waals surface area contributed by atoms with Crippen LogP contribution in [-0.4, -0.2) is 32.2 Å². The molecule has 1 fully saturated rings. The summed E-state index contributed by atoms with van der Waals surface area (Å²) in [6.45, 7) is 1.95. The summed E-state index contributed by atoms with van der Waals surface area (Å²) in [6.07, 6.45) is 2.23. The first kappa shape index (κ1) is 16.4. The van der Waals surface area contributed by atoms with E-state index in [2.05, 4.69) is 43.8 Å². The molecule has 0 saturated carbocycles. The molecule has 1 aliphatic rings. The fourth-order valence-electron chi connectivity index (χ4n) is 3.12. The van der Waals surface area contributed by atoms with Crippen LogP contribution in [-0.2, 0) is 4.79 Å². The van der Waals surface area contributed by atoms with Crippen LogP contribution < -0.4 is 16.2 Å². The van der Waals surface area contributed by atoms with E-state index >= 15 is 0 Å². The molecule has 8 nitrogen and oxygen atoms in total. The van der Waals surface area contributed by atoms with E-state index in [4.69, 9.17) is 0 Å². The number of benzene rings is 2. The van der Waals surface area contributed by atoms with Gasteiger partial charge in [0.2, 0.25) is 5.91 Å². The molecule has 2 aromatic carbocycles. The second kappa shape index (κ2) is 7.03. The molecule has 0 spiro atoms. The zero-order valence-electron chi connectivity index (χ0n) is 14.3. The Bertz CT molecular complexity index is 895. The first-order valence-electron chi connectivity index (χ1n) is 8.41. The molecular formula is C18H19N7O. The van der Waals surface area contributed by atoms with Crippen LogP contribution in [0.1, 0.15) is 23.6 Å². The molecule has 3 N–H and O–H groups in total. The number of hydrazine groups is 1. The van der Waals surface area contributed by atoms with Crippen molar-refractivity contribution in [3.63, 3.8) is 0 Å². The molecule has 0 bridgehead atoms. The van der Waals surface area contributed by atoms with E-state index in [-0.39, 0.29) is 18.0 Å². The number of nitrogens with zero attached hydrogens (tertiary/aromatic N) is 4. The first-order chi connectivity index (χ1) is 12.7. The molecule has 2 atom stereocenters. The number of aryl methyl sites for hydroxylation is 1. The highest BCUT2D eigenvalue weighted by atomic mass is 16.2. The lowest BCUT2D eigenvalue weighted by Gasteiger charge is -2.12. The Hall–Kier alpha value is -3.10. The van der Waals surface area contributed by atoms with E-state index in [1.165, 1.54) is 0 Å². The van der Waals surface area contributed by atoms with Crippen molar-refractivity contribution in [3.8, 4) is 5.69 Å². The van der Waals surface area contributed by atoms with Gasteiger partial charge in [0.25, 0.3) is 0 Å². The molecular weight excluding hydrogens is 330 g/mol. The molecule has 26 heavy (non-hydrogen) atoms. The van der Waals surface area contributed by atoms with Gasteiger partial charge in [-0.15, -0.1) is 5.10 Å². The van der Waals surface area contributed by atoms with Gasteiger partial charge in [-0.3, -0.25) is 4.79 Å². The van der Waals surface area contributed by atoms with E-state index in [0.717, 1.165) is 22.5 Å². The van der Waals surface area contributed by atoms with Crippen LogP contribution in [0.25, 0.3) is 5.69 Å². The quantitative estimate of drug-likeness (QED) is 0.661. The number of tetrazole rings is 1. The smallest absolute Gasteiger partial charge is 0.242 e. The van der Waals surface area contributed by atoms with Crippen molar-refractivity contribution in [3.05, 3.63) is 66.0 Å². The molecule has 132 valence electrons. The van der Waals surface area contributed by atoms with Crippen LogP contribution in [0.3, 0.4) is 0 Å². The third-order valence-corrected chi connectivity index (χ3v) is 4.48. The van der Waals surface area contributed by atoms with Gasteiger partial charge in [0.05, 0.1) is 5.69 Å². The minimum absolute atomic E-state index is 0.0643. The lowest BCUT2D eigenvalue weighted by molar-refractivity contribution is -0.117. The molecule has 3 aromatic rings. The average Bonchev–Trinajstić information content (AvgIpc) is 3.35. The zero-order chi connectivity index (χ0) is 17.9. The van der Waals surface area contributed by atoms with Gasteiger partial charge < -0.3 is 5.32 Å². The summed E-state index contributed by atoms with van der Waals surface area (Å²) in [7, 11) is 0. The van der Waals surface area contributed by atoms with E-state index in [0.29, 0.717) is 6.42 Å². The molecule has 1 amide bonds. The third-order valence-electron chi connectivity index (χ3n) is 4.48. The highest BCUT2D eigenvalue weighted by Crippen LogP contribution is 2.23. The first-order valence-corrected chi connectivity index (χ1v) is 8.41. The van der Waals surface area contributed by atoms with Crippen molar-refractivity contribution >= 4 is 11.6 Å². The second-order valence-corrected chi connectivity index (χ2v) is 6.29. The summed E-state index contributed by atoms with van der Waals surface area (Å²) in [5.41, 5.74) is 10.0. The number of carbonyl (C=O) groups is 1. The minimum Gasteiger partial charge on any atom is -0.325 e. The van der Waals surface area contributed by atoms with Crippen molar-refractivity contribution in [1.82, 2.24) is 31.1 Å². The SMILES string of the molecule is Cc1cc(NC(=O)C2CC(c3ccccc3)NN2)ccc1-n1cnnn1. The molecule has 1 saturated heterocycles. The number of carbonyl (C=O) groups excluding carboxylic acids is 1. The van der Waals surface area contributed by atoms with Gasteiger partial charge in [-0.1, -0.05) is 30.3 Å². The molecule has 4 rings (SSSR count). The van der Waals surface area contributed by atoms with E-state index < -0.39 is 0 Å². The van der Waals surface area contributed by atoms with E-state index in [9.17, 15) is 4.79 Å². The van der Waals surface area contributed by atoms with Crippen molar-refractivity contribution < 1.29 is 4.79 Å². The molecule has 2 unspecified atom stereocenters. The molecule has 1 aliphatic heterocycles. The largest absolute Gasteiger partial charge is 0.325 e. The third kappa shape index (κ3) is 3.32. The van der Waals surface area contributed by atoms with Crippen molar-refractivity contribution in [2.75, 3.05) is 5.32 Å². The normalized spacial score (nSPS) is 19.4. The maximum absolute atomic E-state index is 12.6. The Morgan fingerprint density at radius 2 is 2.04 bits per heavy atom.